The molecule has 1 aliphatic rings. The molecule has 67 valence electrons. The fourth-order valence-corrected chi connectivity index (χ4v) is 1.88. The van der Waals surface area contributed by atoms with Crippen LogP contribution in [0.1, 0.15) is 19.4 Å². The van der Waals surface area contributed by atoms with Crippen molar-refractivity contribution in [2.75, 3.05) is 4.90 Å². The molecule has 0 aromatic heterocycles. The molecule has 1 aromatic carbocycles. The average Bonchev–Trinajstić information content (AvgIpc) is 2.39. The van der Waals surface area contributed by atoms with Crippen LogP contribution >= 0.6 is 0 Å². The summed E-state index contributed by atoms with van der Waals surface area (Å²) in [6, 6.07) is 9.16. The van der Waals surface area contributed by atoms with Gasteiger partial charge in [0.1, 0.15) is 0 Å². The summed E-state index contributed by atoms with van der Waals surface area (Å²) < 4.78 is 0. The maximum atomic E-state index is 11.3. The first-order valence-corrected chi connectivity index (χ1v) is 4.41. The molecule has 1 heterocycles. The molecule has 0 bridgehead atoms. The lowest BCUT2D eigenvalue weighted by molar-refractivity contribution is -0.116. The molecular formula is C11H12NO. The third-order valence-corrected chi connectivity index (χ3v) is 2.38. The molecule has 2 rings (SSSR count). The molecule has 1 amide bonds. The van der Waals surface area contributed by atoms with Gasteiger partial charge in [-0.25, -0.2) is 0 Å². The first kappa shape index (κ1) is 8.30. The fraction of sp³-hybridized carbons (Fsp3) is 0.273. The molecule has 0 aliphatic carbocycles. The zero-order chi connectivity index (χ0) is 9.42. The topological polar surface area (TPSA) is 20.3 Å². The Bertz CT molecular complexity index is 346. The van der Waals surface area contributed by atoms with E-state index in [4.69, 9.17) is 0 Å². The molecule has 1 radical (unpaired) electrons. The fourth-order valence-electron chi connectivity index (χ4n) is 1.88. The van der Waals surface area contributed by atoms with E-state index in [9.17, 15) is 4.79 Å². The molecule has 1 aromatic rings. The molecule has 0 fully saturated rings. The van der Waals surface area contributed by atoms with Gasteiger partial charge in [0.25, 0.3) is 0 Å². The molecule has 0 saturated heterocycles. The lowest BCUT2D eigenvalue weighted by atomic mass is 10.1. The van der Waals surface area contributed by atoms with E-state index in [1.165, 1.54) is 5.56 Å². The van der Waals surface area contributed by atoms with Gasteiger partial charge in [-0.1, -0.05) is 18.2 Å². The van der Waals surface area contributed by atoms with Crippen molar-refractivity contribution < 1.29 is 4.79 Å². The van der Waals surface area contributed by atoms with Crippen molar-refractivity contribution in [3.05, 3.63) is 35.9 Å². The second-order valence-electron chi connectivity index (χ2n) is 3.40. The number of amides is 1. The second-order valence-corrected chi connectivity index (χ2v) is 3.40. The van der Waals surface area contributed by atoms with Gasteiger partial charge in [-0.3, -0.25) is 4.79 Å². The Morgan fingerprint density at radius 2 is 2.08 bits per heavy atom. The number of carbonyl (C=O) groups is 1. The van der Waals surface area contributed by atoms with Gasteiger partial charge in [0.05, 0.1) is 6.04 Å². The number of fused-ring (bicyclic) bond motifs is 1. The summed E-state index contributed by atoms with van der Waals surface area (Å²) in [6.07, 6.45) is 0.899. The summed E-state index contributed by atoms with van der Waals surface area (Å²) in [7, 11) is 0. The van der Waals surface area contributed by atoms with Gasteiger partial charge >= 0.3 is 0 Å². The van der Waals surface area contributed by atoms with Crippen molar-refractivity contribution >= 4 is 11.6 Å². The second kappa shape index (κ2) is 2.87. The zero-order valence-electron chi connectivity index (χ0n) is 7.87. The van der Waals surface area contributed by atoms with E-state index in [0.717, 1.165) is 18.2 Å². The summed E-state index contributed by atoms with van der Waals surface area (Å²) in [6.45, 7) is 3.60. The van der Waals surface area contributed by atoms with Crippen molar-refractivity contribution in [2.24, 2.45) is 0 Å². The van der Waals surface area contributed by atoms with Crippen LogP contribution in [0.2, 0.25) is 0 Å². The molecule has 0 saturated carbocycles. The Morgan fingerprint density at radius 3 is 2.77 bits per heavy atom. The Kier molecular flexibility index (Phi) is 1.83. The molecule has 2 nitrogen and oxygen atoms in total. The van der Waals surface area contributed by atoms with Crippen LogP contribution in [0.25, 0.3) is 0 Å². The highest BCUT2D eigenvalue weighted by molar-refractivity contribution is 5.96. The maximum absolute atomic E-state index is 11.3. The SMILES string of the molecule is C[C]1Cc2ccccc2N1C(C)=O. The minimum absolute atomic E-state index is 0.0995. The van der Waals surface area contributed by atoms with E-state index in [0.29, 0.717) is 0 Å². The Morgan fingerprint density at radius 1 is 1.38 bits per heavy atom. The average molecular weight is 174 g/mol. The van der Waals surface area contributed by atoms with Crippen LogP contribution in [-0.2, 0) is 11.2 Å². The highest BCUT2D eigenvalue weighted by Crippen LogP contribution is 2.35. The van der Waals surface area contributed by atoms with Crippen LogP contribution < -0.4 is 4.90 Å². The number of hydrogen-bond acceptors (Lipinski definition) is 1. The molecule has 1 aliphatic heterocycles. The third-order valence-electron chi connectivity index (χ3n) is 2.38. The van der Waals surface area contributed by atoms with E-state index < -0.39 is 0 Å². The summed E-state index contributed by atoms with van der Waals surface area (Å²) >= 11 is 0. The van der Waals surface area contributed by atoms with Crippen LogP contribution in [0.4, 0.5) is 5.69 Å². The molecule has 13 heavy (non-hydrogen) atoms. The Hall–Kier alpha value is -1.31. The van der Waals surface area contributed by atoms with Crippen molar-refractivity contribution in [2.45, 2.75) is 20.3 Å². The summed E-state index contributed by atoms with van der Waals surface area (Å²) in [5.74, 6) is 0.0995. The molecule has 0 atom stereocenters. The van der Waals surface area contributed by atoms with Gasteiger partial charge < -0.3 is 4.90 Å². The van der Waals surface area contributed by atoms with Crippen LogP contribution in [0, 0.1) is 6.04 Å². The van der Waals surface area contributed by atoms with Gasteiger partial charge in [0.15, 0.2) is 0 Å². The molecule has 2 heteroatoms. The van der Waals surface area contributed by atoms with Crippen molar-refractivity contribution in [1.82, 2.24) is 0 Å². The predicted molar refractivity (Wildman–Crippen MR) is 52.2 cm³/mol. The van der Waals surface area contributed by atoms with Gasteiger partial charge in [-0.2, -0.15) is 0 Å². The third kappa shape index (κ3) is 1.22. The van der Waals surface area contributed by atoms with Crippen LogP contribution in [-0.4, -0.2) is 5.91 Å². The van der Waals surface area contributed by atoms with E-state index in [-0.39, 0.29) is 5.91 Å². The molecule has 0 spiro atoms. The van der Waals surface area contributed by atoms with Crippen molar-refractivity contribution in [3.63, 3.8) is 0 Å². The highest BCUT2D eigenvalue weighted by Gasteiger charge is 2.28. The van der Waals surface area contributed by atoms with E-state index in [1.807, 2.05) is 25.1 Å². The van der Waals surface area contributed by atoms with Gasteiger partial charge in [0.2, 0.25) is 5.91 Å². The lowest BCUT2D eigenvalue weighted by Gasteiger charge is -2.19. The van der Waals surface area contributed by atoms with Gasteiger partial charge in [0, 0.05) is 19.0 Å². The van der Waals surface area contributed by atoms with Crippen molar-refractivity contribution in [3.8, 4) is 0 Å². The summed E-state index contributed by atoms with van der Waals surface area (Å²) in [5.41, 5.74) is 2.29. The zero-order valence-corrected chi connectivity index (χ0v) is 7.87. The number of carbonyl (C=O) groups excluding carboxylic acids is 1. The normalized spacial score (nSPS) is 16.0. The minimum atomic E-state index is 0.0995. The number of hydrogen-bond donors (Lipinski definition) is 0. The molecule has 0 unspecified atom stereocenters. The standard InChI is InChI=1S/C11H12NO/c1-8-7-10-5-3-4-6-11(10)12(8)9(2)13/h3-6H,7H2,1-2H3. The van der Waals surface area contributed by atoms with Crippen LogP contribution in [0.5, 0.6) is 0 Å². The molecule has 0 N–H and O–H groups in total. The van der Waals surface area contributed by atoms with Crippen molar-refractivity contribution in [1.29, 1.82) is 0 Å². The quantitative estimate of drug-likeness (QED) is 0.590. The first-order chi connectivity index (χ1) is 6.20. The monoisotopic (exact) mass is 174 g/mol. The number of anilines is 1. The smallest absolute Gasteiger partial charge is 0.224 e. The number of nitrogens with zero attached hydrogens (tertiary/aromatic N) is 1. The highest BCUT2D eigenvalue weighted by atomic mass is 16.2. The Labute approximate surface area is 78.2 Å². The number of benzene rings is 1. The van der Waals surface area contributed by atoms with Crippen LogP contribution in [0.3, 0.4) is 0 Å². The minimum Gasteiger partial charge on any atom is -0.304 e. The van der Waals surface area contributed by atoms with E-state index in [2.05, 4.69) is 6.07 Å². The van der Waals surface area contributed by atoms with E-state index in [1.54, 1.807) is 11.8 Å². The first-order valence-electron chi connectivity index (χ1n) is 4.41. The molecular weight excluding hydrogens is 162 g/mol. The number of para-hydroxylation sites is 1. The largest absolute Gasteiger partial charge is 0.304 e. The lowest BCUT2D eigenvalue weighted by Crippen LogP contribution is -2.27. The summed E-state index contributed by atoms with van der Waals surface area (Å²) in [4.78, 5) is 13.1. The predicted octanol–water partition coefficient (Wildman–Crippen LogP) is 2.15. The van der Waals surface area contributed by atoms with E-state index >= 15 is 0 Å². The Balaban J connectivity index is 2.46. The van der Waals surface area contributed by atoms with Crippen LogP contribution in [0.15, 0.2) is 24.3 Å². The van der Waals surface area contributed by atoms with Gasteiger partial charge in [-0.15, -0.1) is 0 Å². The maximum Gasteiger partial charge on any atom is 0.224 e. The van der Waals surface area contributed by atoms with Gasteiger partial charge in [-0.05, 0) is 18.6 Å². The number of rotatable bonds is 0. The summed E-state index contributed by atoms with van der Waals surface area (Å²) in [5, 5.41) is 0.